The number of rotatable bonds is 4. The van der Waals surface area contributed by atoms with Crippen LogP contribution in [0, 0.1) is 6.92 Å². The van der Waals surface area contributed by atoms with Crippen LogP contribution in [0.4, 0.5) is 0 Å². The molecule has 1 aliphatic heterocycles. The summed E-state index contributed by atoms with van der Waals surface area (Å²) in [5, 5.41) is 12.6. The predicted molar refractivity (Wildman–Crippen MR) is 94.6 cm³/mol. The number of hydrogen-bond acceptors (Lipinski definition) is 5. The molecular formula is C19H21N5O. The van der Waals surface area contributed by atoms with Gasteiger partial charge in [-0.05, 0) is 40.6 Å². The van der Waals surface area contributed by atoms with E-state index in [0.29, 0.717) is 0 Å². The van der Waals surface area contributed by atoms with Crippen LogP contribution in [-0.2, 0) is 4.74 Å². The van der Waals surface area contributed by atoms with Gasteiger partial charge in [-0.25, -0.2) is 0 Å². The summed E-state index contributed by atoms with van der Waals surface area (Å²) in [6.45, 7) is 5.26. The third kappa shape index (κ3) is 3.31. The van der Waals surface area contributed by atoms with Crippen LogP contribution < -0.4 is 0 Å². The van der Waals surface area contributed by atoms with Gasteiger partial charge < -0.3 is 4.74 Å². The quantitative estimate of drug-likeness (QED) is 0.733. The Balaban J connectivity index is 1.79. The zero-order valence-electron chi connectivity index (χ0n) is 14.2. The Morgan fingerprint density at radius 1 is 1.00 bits per heavy atom. The number of aromatic nitrogens is 4. The van der Waals surface area contributed by atoms with Gasteiger partial charge in [-0.2, -0.15) is 4.68 Å². The van der Waals surface area contributed by atoms with E-state index < -0.39 is 0 Å². The number of morpholine rings is 1. The molecule has 0 spiro atoms. The largest absolute Gasteiger partial charge is 0.379 e. The van der Waals surface area contributed by atoms with E-state index >= 15 is 0 Å². The highest BCUT2D eigenvalue weighted by Crippen LogP contribution is 2.28. The number of benzene rings is 2. The summed E-state index contributed by atoms with van der Waals surface area (Å²) < 4.78 is 7.38. The van der Waals surface area contributed by atoms with Crippen LogP contribution in [0.15, 0.2) is 54.6 Å². The summed E-state index contributed by atoms with van der Waals surface area (Å²) in [6, 6.07) is 18.7. The van der Waals surface area contributed by atoms with E-state index in [0.717, 1.165) is 37.8 Å². The van der Waals surface area contributed by atoms with Crippen molar-refractivity contribution >= 4 is 0 Å². The normalized spacial score (nSPS) is 16.7. The van der Waals surface area contributed by atoms with Crippen molar-refractivity contribution in [3.63, 3.8) is 0 Å². The molecule has 2 aromatic carbocycles. The summed E-state index contributed by atoms with van der Waals surface area (Å²) in [5.74, 6) is 0.832. The molecule has 6 heteroatoms. The van der Waals surface area contributed by atoms with E-state index in [9.17, 15) is 0 Å². The van der Waals surface area contributed by atoms with Crippen molar-refractivity contribution in [3.8, 4) is 5.69 Å². The zero-order chi connectivity index (χ0) is 17.1. The topological polar surface area (TPSA) is 56.1 Å². The standard InChI is InChI=1S/C19H21N5O/c1-15-6-5-9-17(14-15)24-19(20-21-22-24)18(16-7-3-2-4-8-16)23-10-12-25-13-11-23/h2-9,14,18H,10-13H2,1H3. The fourth-order valence-corrected chi connectivity index (χ4v) is 3.30. The molecule has 4 rings (SSSR count). The van der Waals surface area contributed by atoms with E-state index in [1.807, 2.05) is 22.9 Å². The maximum atomic E-state index is 5.53. The first kappa shape index (κ1) is 15.9. The fourth-order valence-electron chi connectivity index (χ4n) is 3.30. The second kappa shape index (κ2) is 7.13. The summed E-state index contributed by atoms with van der Waals surface area (Å²) in [7, 11) is 0. The van der Waals surface area contributed by atoms with Crippen molar-refractivity contribution in [3.05, 3.63) is 71.5 Å². The number of ether oxygens (including phenoxy) is 1. The highest BCUT2D eigenvalue weighted by molar-refractivity contribution is 5.36. The molecule has 0 aliphatic carbocycles. The lowest BCUT2D eigenvalue weighted by Crippen LogP contribution is -2.40. The zero-order valence-corrected chi connectivity index (χ0v) is 14.2. The molecule has 0 amide bonds. The number of aryl methyl sites for hydroxylation is 1. The summed E-state index contributed by atoms with van der Waals surface area (Å²) in [6.07, 6.45) is 0. The van der Waals surface area contributed by atoms with Gasteiger partial charge in [0.1, 0.15) is 0 Å². The Morgan fingerprint density at radius 3 is 2.56 bits per heavy atom. The molecule has 6 nitrogen and oxygen atoms in total. The lowest BCUT2D eigenvalue weighted by atomic mass is 10.0. The van der Waals surface area contributed by atoms with Crippen molar-refractivity contribution in [2.45, 2.75) is 13.0 Å². The van der Waals surface area contributed by atoms with Crippen molar-refractivity contribution in [2.75, 3.05) is 26.3 Å². The third-order valence-electron chi connectivity index (χ3n) is 4.51. The number of tetrazole rings is 1. The number of hydrogen-bond donors (Lipinski definition) is 0. The van der Waals surface area contributed by atoms with Gasteiger partial charge in [0.05, 0.1) is 24.9 Å². The Labute approximate surface area is 147 Å². The van der Waals surface area contributed by atoms with E-state index in [4.69, 9.17) is 4.74 Å². The lowest BCUT2D eigenvalue weighted by molar-refractivity contribution is 0.0220. The minimum Gasteiger partial charge on any atom is -0.379 e. The van der Waals surface area contributed by atoms with Crippen molar-refractivity contribution in [1.82, 2.24) is 25.1 Å². The molecule has 1 unspecified atom stereocenters. The maximum Gasteiger partial charge on any atom is 0.178 e. The summed E-state index contributed by atoms with van der Waals surface area (Å²) >= 11 is 0. The molecule has 0 N–H and O–H groups in total. The molecular weight excluding hydrogens is 314 g/mol. The van der Waals surface area contributed by atoms with Crippen LogP contribution in [0.2, 0.25) is 0 Å². The van der Waals surface area contributed by atoms with E-state index in [1.165, 1.54) is 11.1 Å². The molecule has 1 aromatic heterocycles. The second-order valence-electron chi connectivity index (χ2n) is 6.25. The van der Waals surface area contributed by atoms with Crippen LogP contribution >= 0.6 is 0 Å². The smallest absolute Gasteiger partial charge is 0.178 e. The first-order valence-electron chi connectivity index (χ1n) is 8.55. The monoisotopic (exact) mass is 335 g/mol. The summed E-state index contributed by atoms with van der Waals surface area (Å²) in [4.78, 5) is 2.39. The highest BCUT2D eigenvalue weighted by Gasteiger charge is 2.29. The first-order chi connectivity index (χ1) is 12.3. The minimum absolute atomic E-state index is 0.000567. The predicted octanol–water partition coefficient (Wildman–Crippen LogP) is 2.39. The molecule has 1 saturated heterocycles. The molecule has 1 atom stereocenters. The van der Waals surface area contributed by atoms with Gasteiger partial charge in [0.15, 0.2) is 5.82 Å². The Morgan fingerprint density at radius 2 is 1.80 bits per heavy atom. The lowest BCUT2D eigenvalue weighted by Gasteiger charge is -2.33. The Bertz CT molecular complexity index is 827. The Kier molecular flexibility index (Phi) is 4.54. The van der Waals surface area contributed by atoms with E-state index in [2.05, 4.69) is 63.7 Å². The van der Waals surface area contributed by atoms with Gasteiger partial charge in [-0.3, -0.25) is 4.90 Å². The van der Waals surface area contributed by atoms with E-state index in [-0.39, 0.29) is 6.04 Å². The SMILES string of the molecule is Cc1cccc(-n2nnnc2C(c2ccccc2)N2CCOCC2)c1. The summed E-state index contributed by atoms with van der Waals surface area (Å²) in [5.41, 5.74) is 3.35. The van der Waals surface area contributed by atoms with Crippen LogP contribution in [0.1, 0.15) is 23.0 Å². The first-order valence-corrected chi connectivity index (χ1v) is 8.55. The van der Waals surface area contributed by atoms with Crippen molar-refractivity contribution in [2.24, 2.45) is 0 Å². The average Bonchev–Trinajstić information content (AvgIpc) is 3.13. The maximum absolute atomic E-state index is 5.53. The minimum atomic E-state index is 0.000567. The molecule has 0 bridgehead atoms. The van der Waals surface area contributed by atoms with Crippen LogP contribution in [0.5, 0.6) is 0 Å². The van der Waals surface area contributed by atoms with Crippen LogP contribution in [0.25, 0.3) is 5.69 Å². The molecule has 128 valence electrons. The van der Waals surface area contributed by atoms with Crippen molar-refractivity contribution in [1.29, 1.82) is 0 Å². The van der Waals surface area contributed by atoms with Gasteiger partial charge in [-0.15, -0.1) is 5.10 Å². The molecule has 25 heavy (non-hydrogen) atoms. The molecule has 1 aliphatic rings. The van der Waals surface area contributed by atoms with Crippen LogP contribution in [-0.4, -0.2) is 51.4 Å². The second-order valence-corrected chi connectivity index (χ2v) is 6.25. The van der Waals surface area contributed by atoms with Gasteiger partial charge in [0.2, 0.25) is 0 Å². The number of nitrogens with zero attached hydrogens (tertiary/aromatic N) is 5. The third-order valence-corrected chi connectivity index (χ3v) is 4.51. The van der Waals surface area contributed by atoms with Crippen molar-refractivity contribution < 1.29 is 4.74 Å². The van der Waals surface area contributed by atoms with Crippen LogP contribution in [0.3, 0.4) is 0 Å². The molecule has 0 radical (unpaired) electrons. The van der Waals surface area contributed by atoms with Gasteiger partial charge in [0, 0.05) is 13.1 Å². The average molecular weight is 335 g/mol. The van der Waals surface area contributed by atoms with Gasteiger partial charge >= 0.3 is 0 Å². The highest BCUT2D eigenvalue weighted by atomic mass is 16.5. The fraction of sp³-hybridized carbons (Fsp3) is 0.316. The van der Waals surface area contributed by atoms with E-state index in [1.54, 1.807) is 0 Å². The molecule has 1 fully saturated rings. The molecule has 2 heterocycles. The van der Waals surface area contributed by atoms with Gasteiger partial charge in [0.25, 0.3) is 0 Å². The van der Waals surface area contributed by atoms with Gasteiger partial charge in [-0.1, -0.05) is 42.5 Å². The Hall–Kier alpha value is -2.57. The molecule has 0 saturated carbocycles. The molecule has 3 aromatic rings.